The summed E-state index contributed by atoms with van der Waals surface area (Å²) < 4.78 is 27.7. The Balaban J connectivity index is 1.12. The Labute approximate surface area is 208 Å². The summed E-state index contributed by atoms with van der Waals surface area (Å²) in [4.78, 5) is 28.5. The molecule has 6 rings (SSSR count). The minimum Gasteiger partial charge on any atom is -0.493 e. The molecule has 0 radical (unpaired) electrons. The van der Waals surface area contributed by atoms with E-state index in [0.29, 0.717) is 49.1 Å². The van der Waals surface area contributed by atoms with Crippen LogP contribution < -0.4 is 24.3 Å². The Morgan fingerprint density at radius 1 is 1.08 bits per heavy atom. The average molecular weight is 493 g/mol. The predicted octanol–water partition coefficient (Wildman–Crippen LogP) is 2.07. The largest absolute Gasteiger partial charge is 0.493 e. The van der Waals surface area contributed by atoms with Gasteiger partial charge < -0.3 is 33.9 Å². The number of nitrogens with zero attached hydrogens (tertiary/aromatic N) is 1. The maximum atomic E-state index is 13.5. The molecule has 9 heteroatoms. The Hall–Kier alpha value is -3.72. The van der Waals surface area contributed by atoms with Gasteiger partial charge in [0.05, 0.1) is 38.7 Å². The van der Waals surface area contributed by atoms with Gasteiger partial charge in [0.25, 0.3) is 0 Å². The number of ether oxygens (including phenoxy) is 5. The van der Waals surface area contributed by atoms with Crippen LogP contribution in [0.3, 0.4) is 0 Å². The quantitative estimate of drug-likeness (QED) is 0.564. The van der Waals surface area contributed by atoms with E-state index < -0.39 is 17.4 Å². The Bertz CT molecular complexity index is 1240. The van der Waals surface area contributed by atoms with Crippen LogP contribution in [-0.4, -0.2) is 62.5 Å². The summed E-state index contributed by atoms with van der Waals surface area (Å²) in [6.45, 7) is 1.49. The lowest BCUT2D eigenvalue weighted by molar-refractivity contribution is -0.137. The van der Waals surface area contributed by atoms with Crippen molar-refractivity contribution in [2.75, 3.05) is 34.1 Å². The molecular formula is C27H28N2O7. The number of hydrogen-bond acceptors (Lipinski definition) is 7. The number of rotatable bonds is 8. The topological polar surface area (TPSA) is 95.6 Å². The predicted molar refractivity (Wildman–Crippen MR) is 128 cm³/mol. The number of fused-ring (bicyclic) bond motifs is 2. The van der Waals surface area contributed by atoms with Gasteiger partial charge in [-0.3, -0.25) is 9.59 Å². The summed E-state index contributed by atoms with van der Waals surface area (Å²) >= 11 is 0. The average Bonchev–Trinajstić information content (AvgIpc) is 3.65. The highest BCUT2D eigenvalue weighted by atomic mass is 16.7. The van der Waals surface area contributed by atoms with Gasteiger partial charge in [-0.1, -0.05) is 24.3 Å². The zero-order valence-corrected chi connectivity index (χ0v) is 20.2. The smallest absolute Gasteiger partial charge is 0.231 e. The van der Waals surface area contributed by atoms with Crippen molar-refractivity contribution in [2.24, 2.45) is 11.8 Å². The first kappa shape index (κ1) is 22.7. The fraction of sp³-hybridized carbons (Fsp3) is 0.407. The van der Waals surface area contributed by atoms with E-state index in [1.165, 1.54) is 0 Å². The molecule has 0 aliphatic carbocycles. The van der Waals surface area contributed by atoms with Crippen molar-refractivity contribution in [1.29, 1.82) is 0 Å². The first-order chi connectivity index (χ1) is 17.5. The van der Waals surface area contributed by atoms with E-state index in [2.05, 4.69) is 5.32 Å². The Morgan fingerprint density at radius 2 is 1.89 bits per heavy atom. The molecular weight excluding hydrogens is 464 g/mol. The maximum Gasteiger partial charge on any atom is 0.231 e. The summed E-state index contributed by atoms with van der Waals surface area (Å²) in [5.41, 5.74) is 1.21. The van der Waals surface area contributed by atoms with Crippen molar-refractivity contribution in [2.45, 2.75) is 24.7 Å². The molecule has 4 aliphatic heterocycles. The normalized spacial score (nSPS) is 26.9. The first-order valence-electron chi connectivity index (χ1n) is 12.0. The van der Waals surface area contributed by atoms with Crippen molar-refractivity contribution in [3.05, 3.63) is 59.7 Å². The van der Waals surface area contributed by atoms with Crippen LogP contribution in [0, 0.1) is 11.8 Å². The standard InChI is InChI=1S/C27H28N2O7/c1-32-18-5-3-16(11-21(18)33-2)8-10-28-25(30)23-20-7-9-27(36-20)14-29(26(31)24(23)27)13-17-4-6-19-22(12-17)35-15-34-19/h3-7,9,11-12,20,23-24H,8,10,13-15H2,1-2H3,(H,28,30)/t20-,23+,24-,27+/m1/s1. The second-order valence-corrected chi connectivity index (χ2v) is 9.51. The molecule has 2 amide bonds. The molecule has 36 heavy (non-hydrogen) atoms. The highest BCUT2D eigenvalue weighted by Gasteiger charge is 2.66. The lowest BCUT2D eigenvalue weighted by atomic mass is 9.77. The van der Waals surface area contributed by atoms with Crippen LogP contribution in [0.5, 0.6) is 23.0 Å². The first-order valence-corrected chi connectivity index (χ1v) is 12.0. The van der Waals surface area contributed by atoms with Gasteiger partial charge >= 0.3 is 0 Å². The van der Waals surface area contributed by atoms with Crippen molar-refractivity contribution in [3.8, 4) is 23.0 Å². The van der Waals surface area contributed by atoms with Gasteiger partial charge in [0.2, 0.25) is 18.6 Å². The van der Waals surface area contributed by atoms with Crippen LogP contribution in [-0.2, 0) is 27.3 Å². The number of amides is 2. The van der Waals surface area contributed by atoms with Crippen LogP contribution >= 0.6 is 0 Å². The Kier molecular flexibility index (Phi) is 5.52. The zero-order valence-electron chi connectivity index (χ0n) is 20.2. The van der Waals surface area contributed by atoms with Gasteiger partial charge in [0, 0.05) is 13.1 Å². The molecule has 9 nitrogen and oxygen atoms in total. The third kappa shape index (κ3) is 3.65. The molecule has 1 spiro atoms. The number of methoxy groups -OCH3 is 2. The van der Waals surface area contributed by atoms with Crippen LogP contribution in [0.25, 0.3) is 0 Å². The molecule has 2 bridgehead atoms. The number of hydrogen-bond donors (Lipinski definition) is 1. The van der Waals surface area contributed by atoms with Gasteiger partial charge in [0.1, 0.15) is 5.60 Å². The maximum absolute atomic E-state index is 13.5. The number of carbonyl (C=O) groups excluding carboxylic acids is 2. The highest BCUT2D eigenvalue weighted by Crippen LogP contribution is 2.52. The van der Waals surface area contributed by atoms with Gasteiger partial charge in [-0.15, -0.1) is 0 Å². The fourth-order valence-corrected chi connectivity index (χ4v) is 5.76. The summed E-state index contributed by atoms with van der Waals surface area (Å²) in [6, 6.07) is 11.4. The van der Waals surface area contributed by atoms with E-state index in [0.717, 1.165) is 11.1 Å². The second kappa shape index (κ2) is 8.74. The summed E-state index contributed by atoms with van der Waals surface area (Å²) in [6.07, 6.45) is 4.13. The van der Waals surface area contributed by atoms with E-state index in [-0.39, 0.29) is 24.7 Å². The molecule has 2 fully saturated rings. The fourth-order valence-electron chi connectivity index (χ4n) is 5.76. The highest BCUT2D eigenvalue weighted by molar-refractivity contribution is 5.93. The van der Waals surface area contributed by atoms with Crippen LogP contribution in [0.15, 0.2) is 48.6 Å². The van der Waals surface area contributed by atoms with Gasteiger partial charge in [-0.05, 0) is 41.8 Å². The second-order valence-electron chi connectivity index (χ2n) is 9.51. The minimum absolute atomic E-state index is 0.0560. The van der Waals surface area contributed by atoms with Crippen molar-refractivity contribution in [1.82, 2.24) is 10.2 Å². The van der Waals surface area contributed by atoms with Crippen LogP contribution in [0.2, 0.25) is 0 Å². The minimum atomic E-state index is -0.747. The van der Waals surface area contributed by atoms with Crippen molar-refractivity contribution < 1.29 is 33.3 Å². The van der Waals surface area contributed by atoms with E-state index >= 15 is 0 Å². The molecule has 4 heterocycles. The van der Waals surface area contributed by atoms with E-state index in [1.54, 1.807) is 19.1 Å². The van der Waals surface area contributed by atoms with E-state index in [4.69, 9.17) is 23.7 Å². The molecule has 2 aromatic carbocycles. The SMILES string of the molecule is COc1ccc(CCNC(=O)[C@H]2[C@H]3C=C[C@@]4(CN(Cc5ccc6c(c5)OCO6)C(=O)[C@@H]24)O3)cc1OC. The molecule has 188 valence electrons. The van der Waals surface area contributed by atoms with Crippen LogP contribution in [0.1, 0.15) is 11.1 Å². The Morgan fingerprint density at radius 3 is 2.72 bits per heavy atom. The molecule has 4 atom stereocenters. The molecule has 2 aromatic rings. The molecule has 0 saturated carbocycles. The van der Waals surface area contributed by atoms with Crippen molar-refractivity contribution in [3.63, 3.8) is 0 Å². The summed E-state index contributed by atoms with van der Waals surface area (Å²) in [7, 11) is 3.19. The van der Waals surface area contributed by atoms with Gasteiger partial charge in [0.15, 0.2) is 23.0 Å². The zero-order chi connectivity index (χ0) is 24.9. The lowest BCUT2D eigenvalue weighted by Gasteiger charge is -2.23. The molecule has 1 N–H and O–H groups in total. The van der Waals surface area contributed by atoms with Crippen molar-refractivity contribution >= 4 is 11.8 Å². The molecule has 0 aromatic heterocycles. The lowest BCUT2D eigenvalue weighted by Crippen LogP contribution is -2.44. The number of nitrogens with one attached hydrogen (secondary N) is 1. The van der Waals surface area contributed by atoms with Crippen LogP contribution in [0.4, 0.5) is 0 Å². The van der Waals surface area contributed by atoms with Gasteiger partial charge in [-0.25, -0.2) is 0 Å². The van der Waals surface area contributed by atoms with Gasteiger partial charge in [-0.2, -0.15) is 0 Å². The third-order valence-corrected chi connectivity index (χ3v) is 7.45. The van der Waals surface area contributed by atoms with E-state index in [9.17, 15) is 9.59 Å². The number of likely N-dealkylation sites (tertiary alicyclic amines) is 1. The number of benzene rings is 2. The molecule has 2 saturated heterocycles. The molecule has 4 aliphatic rings. The summed E-state index contributed by atoms with van der Waals surface area (Å²) in [5.74, 6) is 1.41. The third-order valence-electron chi connectivity index (χ3n) is 7.45. The summed E-state index contributed by atoms with van der Waals surface area (Å²) in [5, 5.41) is 3.02. The number of carbonyl (C=O) groups is 2. The molecule has 0 unspecified atom stereocenters. The van der Waals surface area contributed by atoms with E-state index in [1.807, 2.05) is 48.6 Å². The monoisotopic (exact) mass is 492 g/mol.